The molecule has 2 rings (SSSR count). The van der Waals surface area contributed by atoms with Gasteiger partial charge >= 0.3 is 0 Å². The third-order valence-electron chi connectivity index (χ3n) is 2.78. The van der Waals surface area contributed by atoms with E-state index in [0.29, 0.717) is 25.3 Å². The molecule has 7 nitrogen and oxygen atoms in total. The summed E-state index contributed by atoms with van der Waals surface area (Å²) in [6.45, 7) is 1.67. The number of piperazine rings is 1. The monoisotopic (exact) mass is 237 g/mol. The maximum Gasteiger partial charge on any atom is 0.272 e. The lowest BCUT2D eigenvalue weighted by Crippen LogP contribution is -2.59. The summed E-state index contributed by atoms with van der Waals surface area (Å²) < 4.78 is 0. The summed E-state index contributed by atoms with van der Waals surface area (Å²) in [5.41, 5.74) is 0.404. The van der Waals surface area contributed by atoms with Gasteiger partial charge in [0.05, 0.1) is 12.5 Å². The van der Waals surface area contributed by atoms with Crippen LogP contribution in [0.15, 0.2) is 12.5 Å². The van der Waals surface area contributed by atoms with Crippen LogP contribution in [0.2, 0.25) is 0 Å². The number of imidazole rings is 1. The molecule has 0 bridgehead atoms. The van der Waals surface area contributed by atoms with Crippen LogP contribution in [0.25, 0.3) is 0 Å². The molecule has 92 valence electrons. The van der Waals surface area contributed by atoms with Crippen LogP contribution in [-0.2, 0) is 4.79 Å². The van der Waals surface area contributed by atoms with E-state index in [4.69, 9.17) is 0 Å². The van der Waals surface area contributed by atoms with Crippen LogP contribution >= 0.6 is 0 Å². The molecular weight excluding hydrogens is 222 g/mol. The topological polar surface area (TPSA) is 90.1 Å². The van der Waals surface area contributed by atoms with Gasteiger partial charge in [0.25, 0.3) is 5.91 Å². The zero-order valence-corrected chi connectivity index (χ0v) is 9.56. The average molecular weight is 237 g/mol. The molecule has 1 aliphatic rings. The minimum atomic E-state index is -0.468. The molecule has 0 aliphatic carbocycles. The second kappa shape index (κ2) is 4.96. The number of hydrogen-bond acceptors (Lipinski definition) is 4. The van der Waals surface area contributed by atoms with Crippen LogP contribution in [0.5, 0.6) is 0 Å². The molecule has 0 spiro atoms. The summed E-state index contributed by atoms with van der Waals surface area (Å²) in [6, 6.07) is -0.468. The molecule has 7 heteroatoms. The van der Waals surface area contributed by atoms with Crippen molar-refractivity contribution < 1.29 is 9.59 Å². The van der Waals surface area contributed by atoms with E-state index in [0.717, 1.165) is 0 Å². The molecule has 3 N–H and O–H groups in total. The number of amides is 2. The van der Waals surface area contributed by atoms with Gasteiger partial charge in [-0.3, -0.25) is 9.59 Å². The number of likely N-dealkylation sites (N-methyl/N-ethyl adjacent to an activating group) is 1. The molecule has 0 radical (unpaired) electrons. The number of H-pyrrole nitrogens is 1. The number of aromatic nitrogens is 2. The zero-order chi connectivity index (χ0) is 12.3. The first-order valence-electron chi connectivity index (χ1n) is 5.45. The summed E-state index contributed by atoms with van der Waals surface area (Å²) in [5.74, 6) is -0.359. The second-order valence-corrected chi connectivity index (χ2v) is 3.80. The standard InChI is InChI=1S/C10H15N5O2/c1-11-9(16)8-5-12-2-3-15(8)10(17)7-4-13-6-14-7/h4,6,8,12H,2-3,5H2,1H3,(H,11,16)(H,13,14). The van der Waals surface area contributed by atoms with E-state index in [-0.39, 0.29) is 11.8 Å². The van der Waals surface area contributed by atoms with E-state index >= 15 is 0 Å². The molecule has 2 heterocycles. The van der Waals surface area contributed by atoms with Gasteiger partial charge in [-0.1, -0.05) is 0 Å². The second-order valence-electron chi connectivity index (χ2n) is 3.80. The van der Waals surface area contributed by atoms with Crippen molar-refractivity contribution in [3.63, 3.8) is 0 Å². The van der Waals surface area contributed by atoms with Gasteiger partial charge in [-0.15, -0.1) is 0 Å². The van der Waals surface area contributed by atoms with E-state index in [9.17, 15) is 9.59 Å². The smallest absolute Gasteiger partial charge is 0.272 e. The summed E-state index contributed by atoms with van der Waals surface area (Å²) in [5, 5.41) is 5.67. The van der Waals surface area contributed by atoms with Crippen LogP contribution in [-0.4, -0.2) is 59.4 Å². The third-order valence-corrected chi connectivity index (χ3v) is 2.78. The predicted octanol–water partition coefficient (Wildman–Crippen LogP) is -1.43. The first-order valence-corrected chi connectivity index (χ1v) is 5.45. The molecule has 17 heavy (non-hydrogen) atoms. The molecule has 0 aromatic carbocycles. The van der Waals surface area contributed by atoms with Gasteiger partial charge in [0.1, 0.15) is 11.7 Å². The van der Waals surface area contributed by atoms with Crippen LogP contribution in [0.3, 0.4) is 0 Å². The van der Waals surface area contributed by atoms with Crippen LogP contribution in [0.1, 0.15) is 10.5 Å². The highest BCUT2D eigenvalue weighted by Gasteiger charge is 2.32. The lowest BCUT2D eigenvalue weighted by atomic mass is 10.1. The Balaban J connectivity index is 2.16. The van der Waals surface area contributed by atoms with Crippen molar-refractivity contribution >= 4 is 11.8 Å². The zero-order valence-electron chi connectivity index (χ0n) is 9.56. The van der Waals surface area contributed by atoms with Gasteiger partial charge in [0, 0.05) is 26.7 Å². The Morgan fingerprint density at radius 3 is 3.06 bits per heavy atom. The van der Waals surface area contributed by atoms with Gasteiger partial charge in [0.2, 0.25) is 5.91 Å². The molecule has 1 aromatic rings. The Labute approximate surface area is 98.6 Å². The van der Waals surface area contributed by atoms with Crippen LogP contribution in [0, 0.1) is 0 Å². The molecule has 1 aliphatic heterocycles. The molecule has 1 atom stereocenters. The van der Waals surface area contributed by atoms with Crippen molar-refractivity contribution in [3.05, 3.63) is 18.2 Å². The fraction of sp³-hybridized carbons (Fsp3) is 0.500. The maximum absolute atomic E-state index is 12.1. The fourth-order valence-electron chi connectivity index (χ4n) is 1.88. The minimum Gasteiger partial charge on any atom is -0.357 e. The number of nitrogens with zero attached hydrogens (tertiary/aromatic N) is 2. The molecule has 1 fully saturated rings. The van der Waals surface area contributed by atoms with Crippen LogP contribution in [0.4, 0.5) is 0 Å². The predicted molar refractivity (Wildman–Crippen MR) is 60.3 cm³/mol. The molecule has 1 aromatic heterocycles. The Kier molecular flexibility index (Phi) is 3.38. The Morgan fingerprint density at radius 1 is 1.59 bits per heavy atom. The molecule has 0 saturated carbocycles. The Hall–Kier alpha value is -1.89. The normalized spacial score (nSPS) is 20.1. The molecular formula is C10H15N5O2. The minimum absolute atomic E-state index is 0.162. The molecule has 1 unspecified atom stereocenters. The van der Waals surface area contributed by atoms with Crippen molar-refractivity contribution in [2.24, 2.45) is 0 Å². The quantitative estimate of drug-likeness (QED) is 0.588. The lowest BCUT2D eigenvalue weighted by molar-refractivity contribution is -0.125. The highest BCUT2D eigenvalue weighted by Crippen LogP contribution is 2.08. The van der Waals surface area contributed by atoms with Crippen molar-refractivity contribution in [1.82, 2.24) is 25.5 Å². The van der Waals surface area contributed by atoms with Crippen LogP contribution < -0.4 is 10.6 Å². The van der Waals surface area contributed by atoms with E-state index in [1.807, 2.05) is 0 Å². The largest absolute Gasteiger partial charge is 0.357 e. The van der Waals surface area contributed by atoms with Gasteiger partial charge in [0.15, 0.2) is 0 Å². The highest BCUT2D eigenvalue weighted by molar-refractivity contribution is 5.96. The summed E-state index contributed by atoms with van der Waals surface area (Å²) in [6.07, 6.45) is 2.91. The maximum atomic E-state index is 12.1. The van der Waals surface area contributed by atoms with Crippen molar-refractivity contribution in [2.45, 2.75) is 6.04 Å². The van der Waals surface area contributed by atoms with E-state index in [2.05, 4.69) is 20.6 Å². The van der Waals surface area contributed by atoms with Gasteiger partial charge in [-0.05, 0) is 0 Å². The first-order chi connectivity index (χ1) is 8.24. The Bertz CT molecular complexity index is 403. The van der Waals surface area contributed by atoms with Crippen molar-refractivity contribution in [3.8, 4) is 0 Å². The number of carbonyl (C=O) groups is 2. The van der Waals surface area contributed by atoms with E-state index in [1.54, 1.807) is 11.9 Å². The average Bonchev–Trinajstić information content (AvgIpc) is 2.91. The highest BCUT2D eigenvalue weighted by atomic mass is 16.2. The van der Waals surface area contributed by atoms with E-state index < -0.39 is 6.04 Å². The number of hydrogen-bond donors (Lipinski definition) is 3. The number of rotatable bonds is 2. The number of nitrogens with one attached hydrogen (secondary N) is 3. The van der Waals surface area contributed by atoms with Crippen molar-refractivity contribution in [1.29, 1.82) is 0 Å². The SMILES string of the molecule is CNC(=O)C1CNCCN1C(=O)c1cnc[nH]1. The first kappa shape index (κ1) is 11.6. The third kappa shape index (κ3) is 2.28. The lowest BCUT2D eigenvalue weighted by Gasteiger charge is -2.34. The van der Waals surface area contributed by atoms with Gasteiger partial charge in [-0.2, -0.15) is 0 Å². The van der Waals surface area contributed by atoms with Gasteiger partial charge < -0.3 is 20.5 Å². The number of aromatic amines is 1. The van der Waals surface area contributed by atoms with E-state index in [1.165, 1.54) is 12.5 Å². The molecule has 2 amide bonds. The van der Waals surface area contributed by atoms with Crippen molar-refractivity contribution in [2.75, 3.05) is 26.7 Å². The summed E-state index contributed by atoms with van der Waals surface area (Å²) in [4.78, 5) is 31.9. The Morgan fingerprint density at radius 2 is 2.41 bits per heavy atom. The summed E-state index contributed by atoms with van der Waals surface area (Å²) in [7, 11) is 1.57. The summed E-state index contributed by atoms with van der Waals surface area (Å²) >= 11 is 0. The van der Waals surface area contributed by atoms with Gasteiger partial charge in [-0.25, -0.2) is 4.98 Å². The number of carbonyl (C=O) groups excluding carboxylic acids is 2. The molecule has 1 saturated heterocycles. The fourth-order valence-corrected chi connectivity index (χ4v) is 1.88.